The van der Waals surface area contributed by atoms with Crippen LogP contribution in [-0.2, 0) is 27.3 Å². The third-order valence-electron chi connectivity index (χ3n) is 7.63. The molecule has 0 unspecified atom stereocenters. The van der Waals surface area contributed by atoms with Gasteiger partial charge >= 0.3 is 13.9 Å². The van der Waals surface area contributed by atoms with Crippen LogP contribution in [0.25, 0.3) is 0 Å². The molecule has 0 radical (unpaired) electrons. The van der Waals surface area contributed by atoms with Crippen molar-refractivity contribution in [1.29, 1.82) is 10.5 Å². The number of alkyl carbamates (subject to hydrolysis) is 1. The van der Waals surface area contributed by atoms with Crippen LogP contribution in [0.5, 0.6) is 0 Å². The number of nitrogens with one attached hydrogen (secondary N) is 1. The second-order valence-electron chi connectivity index (χ2n) is 14.2. The zero-order valence-corrected chi connectivity index (χ0v) is 32.7. The van der Waals surface area contributed by atoms with E-state index in [0.717, 1.165) is 38.5 Å². The van der Waals surface area contributed by atoms with E-state index in [1.807, 2.05) is 18.2 Å². The lowest BCUT2D eigenvalue weighted by Crippen LogP contribution is -2.53. The van der Waals surface area contributed by atoms with Gasteiger partial charge in [0.1, 0.15) is 5.60 Å². The molecule has 0 rings (SSSR count). The largest absolute Gasteiger partial charge is 0.474 e. The Balaban J connectivity index is 5.85. The van der Waals surface area contributed by atoms with E-state index in [4.69, 9.17) is 33.3 Å². The van der Waals surface area contributed by atoms with Crippen molar-refractivity contribution in [3.63, 3.8) is 0 Å². The molecule has 0 fully saturated rings. The maximum Gasteiger partial charge on any atom is 0.474 e. The number of nitrogens with zero attached hydrogens (tertiary/aromatic N) is 2. The van der Waals surface area contributed by atoms with E-state index >= 15 is 0 Å². The van der Waals surface area contributed by atoms with Crippen LogP contribution < -0.4 is 5.32 Å². The van der Waals surface area contributed by atoms with Crippen LogP contribution in [0.2, 0.25) is 18.1 Å². The van der Waals surface area contributed by atoms with Gasteiger partial charge in [-0.25, -0.2) is 9.36 Å². The highest BCUT2D eigenvalue weighted by Crippen LogP contribution is 2.50. The zero-order chi connectivity index (χ0) is 35.8. The molecule has 0 saturated heterocycles. The van der Waals surface area contributed by atoms with Crippen molar-refractivity contribution >= 4 is 22.2 Å². The van der Waals surface area contributed by atoms with Crippen LogP contribution in [0.1, 0.15) is 126 Å². The van der Waals surface area contributed by atoms with Crippen molar-refractivity contribution in [2.24, 2.45) is 0 Å². The second-order valence-corrected chi connectivity index (χ2v) is 20.6. The minimum absolute atomic E-state index is 0.0241. The van der Waals surface area contributed by atoms with Crippen LogP contribution in [-0.4, -0.2) is 52.0 Å². The summed E-state index contributed by atoms with van der Waals surface area (Å²) in [5.74, 6) is 0. The number of phosphoric acid groups is 1. The summed E-state index contributed by atoms with van der Waals surface area (Å²) in [4.78, 5) is 13.0. The van der Waals surface area contributed by atoms with Gasteiger partial charge in [0.15, 0.2) is 8.32 Å². The lowest BCUT2D eigenvalue weighted by Gasteiger charge is -2.40. The molecule has 0 bridgehead atoms. The fourth-order valence-corrected chi connectivity index (χ4v) is 6.47. The quantitative estimate of drug-likeness (QED) is 0.0427. The number of rotatable bonds is 25. The predicted molar refractivity (Wildman–Crippen MR) is 191 cm³/mol. The van der Waals surface area contributed by atoms with Crippen LogP contribution in [0.3, 0.4) is 0 Å². The van der Waals surface area contributed by atoms with Crippen LogP contribution in [0.4, 0.5) is 4.79 Å². The highest BCUT2D eigenvalue weighted by molar-refractivity contribution is 7.48. The fraction of sp³-hybridized carbons (Fsp3) is 0.800. The highest BCUT2D eigenvalue weighted by Gasteiger charge is 2.41. The normalized spacial score (nSPS) is 14.2. The Labute approximate surface area is 287 Å². The van der Waals surface area contributed by atoms with Crippen molar-refractivity contribution in [1.82, 2.24) is 5.32 Å². The third kappa shape index (κ3) is 23.1. The molecule has 0 aliphatic rings. The molecule has 0 aliphatic heterocycles. The van der Waals surface area contributed by atoms with E-state index in [1.165, 1.54) is 25.7 Å². The summed E-state index contributed by atoms with van der Waals surface area (Å²) in [7, 11) is -6.54. The number of allylic oxidation sites excluding steroid dienone is 3. The molecule has 0 spiro atoms. The van der Waals surface area contributed by atoms with Gasteiger partial charge in [-0.2, -0.15) is 10.5 Å². The van der Waals surface area contributed by atoms with Gasteiger partial charge in [-0.05, 0) is 77.4 Å². The molecule has 0 aliphatic carbocycles. The maximum absolute atomic E-state index is 13.5. The average Bonchev–Trinajstić information content (AvgIpc) is 2.96. The first-order chi connectivity index (χ1) is 22.0. The van der Waals surface area contributed by atoms with E-state index in [0.29, 0.717) is 0 Å². The Morgan fingerprint density at radius 1 is 0.830 bits per heavy atom. The molecule has 0 saturated carbocycles. The van der Waals surface area contributed by atoms with E-state index in [2.05, 4.69) is 64.3 Å². The molecule has 47 heavy (non-hydrogen) atoms. The second kappa shape index (κ2) is 24.2. The predicted octanol–water partition coefficient (Wildman–Crippen LogP) is 10.3. The highest BCUT2D eigenvalue weighted by atomic mass is 31.2. The third-order valence-corrected chi connectivity index (χ3v) is 13.6. The number of nitriles is 2. The number of hydrogen-bond donors (Lipinski definition) is 1. The van der Waals surface area contributed by atoms with Gasteiger partial charge in [0.2, 0.25) is 0 Å². The summed E-state index contributed by atoms with van der Waals surface area (Å²) in [5.41, 5.74) is -0.749. The molecule has 0 aromatic rings. The molecule has 0 aromatic heterocycles. The van der Waals surface area contributed by atoms with Gasteiger partial charge in [0, 0.05) is 0 Å². The summed E-state index contributed by atoms with van der Waals surface area (Å²) < 4.78 is 42.2. The molecule has 0 heterocycles. The summed E-state index contributed by atoms with van der Waals surface area (Å²) >= 11 is 0. The van der Waals surface area contributed by atoms with Crippen molar-refractivity contribution in [3.8, 4) is 12.1 Å². The SMILES string of the molecule is CCCCCC/C=C\CCCCC/C=C/[C@@H](O[Si](C)(C)C(C)(C)C)[C@H](COP(=O)(OCCC#N)OCCC#N)NC(=O)OC(C)(C)C. The first-order valence-electron chi connectivity index (χ1n) is 17.3. The maximum atomic E-state index is 13.5. The Morgan fingerprint density at radius 3 is 1.81 bits per heavy atom. The van der Waals surface area contributed by atoms with Crippen LogP contribution in [0.15, 0.2) is 24.3 Å². The first-order valence-corrected chi connectivity index (χ1v) is 21.6. The van der Waals surface area contributed by atoms with Gasteiger partial charge in [-0.3, -0.25) is 13.6 Å². The number of carbonyl (C=O) groups is 1. The Hall–Kier alpha value is -1.98. The van der Waals surface area contributed by atoms with Crippen LogP contribution >= 0.6 is 7.82 Å². The topological polar surface area (TPSA) is 140 Å². The number of carbonyl (C=O) groups excluding carboxylic acids is 1. The number of amides is 1. The van der Waals surface area contributed by atoms with E-state index in [9.17, 15) is 9.36 Å². The minimum atomic E-state index is -4.17. The Morgan fingerprint density at radius 2 is 1.34 bits per heavy atom. The van der Waals surface area contributed by atoms with E-state index in [1.54, 1.807) is 20.8 Å². The molecular formula is C35H64N3O7PSi. The lowest BCUT2D eigenvalue weighted by atomic mass is 10.1. The van der Waals surface area contributed by atoms with Gasteiger partial charge in [-0.15, -0.1) is 0 Å². The molecule has 1 N–H and O–H groups in total. The lowest BCUT2D eigenvalue weighted by molar-refractivity contribution is 0.0384. The summed E-state index contributed by atoms with van der Waals surface area (Å²) in [6.45, 7) is 17.5. The van der Waals surface area contributed by atoms with Crippen molar-refractivity contribution in [3.05, 3.63) is 24.3 Å². The van der Waals surface area contributed by atoms with Crippen molar-refractivity contribution in [2.45, 2.75) is 161 Å². The van der Waals surface area contributed by atoms with Gasteiger partial charge in [-0.1, -0.05) is 77.7 Å². The number of hydrogen-bond acceptors (Lipinski definition) is 9. The number of phosphoric ester groups is 1. The van der Waals surface area contributed by atoms with Crippen molar-refractivity contribution < 1.29 is 32.1 Å². The average molecular weight is 698 g/mol. The Bertz CT molecular complexity index is 1030. The molecular weight excluding hydrogens is 633 g/mol. The van der Waals surface area contributed by atoms with Gasteiger partial charge < -0.3 is 14.5 Å². The standard InChI is InChI=1S/C35H64N3O7PSi/c1-10-11-12-13-14-15-16-17-18-19-20-21-22-25-32(45-47(8,9)35(5,6)7)31(38-33(39)44-34(2,3)4)30-43-46(40,41-28-23-26-36)42-29-24-27-37/h15-16,22,25,31-32H,10-14,17-21,23-24,28-30H2,1-9H3,(H,38,39)/b16-15-,25-22+/t31-,32+/m0/s1. The van der Waals surface area contributed by atoms with E-state index < -0.39 is 40.0 Å². The van der Waals surface area contributed by atoms with Crippen LogP contribution in [0, 0.1) is 22.7 Å². The molecule has 2 atom stereocenters. The molecule has 1 amide bonds. The monoisotopic (exact) mass is 697 g/mol. The number of ether oxygens (including phenoxy) is 1. The molecule has 270 valence electrons. The number of unbranched alkanes of at least 4 members (excludes halogenated alkanes) is 8. The van der Waals surface area contributed by atoms with Crippen molar-refractivity contribution in [2.75, 3.05) is 19.8 Å². The molecule has 10 nitrogen and oxygen atoms in total. The summed E-state index contributed by atoms with van der Waals surface area (Å²) in [6, 6.07) is 3.04. The van der Waals surface area contributed by atoms with Gasteiger partial charge in [0.05, 0.1) is 56.9 Å². The van der Waals surface area contributed by atoms with Gasteiger partial charge in [0.25, 0.3) is 0 Å². The molecule has 0 aromatic carbocycles. The summed E-state index contributed by atoms with van der Waals surface area (Å²) in [6.07, 6.45) is 18.7. The summed E-state index contributed by atoms with van der Waals surface area (Å²) in [5, 5.41) is 20.6. The minimum Gasteiger partial charge on any atom is -0.444 e. The molecule has 12 heteroatoms. The Kier molecular flexibility index (Phi) is 23.2. The first kappa shape index (κ1) is 45.0. The van der Waals surface area contributed by atoms with E-state index in [-0.39, 0.29) is 37.7 Å². The zero-order valence-electron chi connectivity index (χ0n) is 30.8. The smallest absolute Gasteiger partial charge is 0.444 e. The fourth-order valence-electron chi connectivity index (χ4n) is 4.00.